The molecule has 3 N–H and O–H groups in total. The van der Waals surface area contributed by atoms with E-state index in [2.05, 4.69) is 0 Å². The van der Waals surface area contributed by atoms with Crippen LogP contribution in [0.4, 0.5) is 14.5 Å². The molecule has 0 radical (unpaired) electrons. The lowest BCUT2D eigenvalue weighted by Gasteiger charge is -2.29. The van der Waals surface area contributed by atoms with E-state index in [1.807, 2.05) is 0 Å². The normalized spacial score (nSPS) is 19.8. The Hall–Kier alpha value is -2.56. The minimum atomic E-state index is -3.82. The third-order valence-electron chi connectivity index (χ3n) is 5.39. The Bertz CT molecular complexity index is 1260. The first kappa shape index (κ1) is 20.7. The lowest BCUT2D eigenvalue weighted by molar-refractivity contribution is -0.139. The van der Waals surface area contributed by atoms with Gasteiger partial charge in [0.1, 0.15) is 23.1 Å². The minimum absolute atomic E-state index is 0.0754. The van der Waals surface area contributed by atoms with Crippen LogP contribution in [-0.2, 0) is 21.2 Å². The Kier molecular flexibility index (Phi) is 5.03. The Morgan fingerprint density at radius 3 is 2.57 bits per heavy atom. The summed E-state index contributed by atoms with van der Waals surface area (Å²) in [4.78, 5) is 13.7. The van der Waals surface area contributed by atoms with Crippen LogP contribution in [0, 0.1) is 11.6 Å². The number of anilines is 1. The van der Waals surface area contributed by atoms with Crippen molar-refractivity contribution in [3.8, 4) is 0 Å². The van der Waals surface area contributed by atoms with Gasteiger partial charge >= 0.3 is 5.97 Å². The predicted molar refractivity (Wildman–Crippen MR) is 111 cm³/mol. The number of hydrogen-bond acceptors (Lipinski definition) is 6. The summed E-state index contributed by atoms with van der Waals surface area (Å²) in [5.74, 6) is -3.47. The molecule has 2 aromatic carbocycles. The molecule has 0 amide bonds. The maximum Gasteiger partial charge on any atom is 0.327 e. The van der Waals surface area contributed by atoms with Crippen molar-refractivity contribution in [2.45, 2.75) is 23.9 Å². The first-order chi connectivity index (χ1) is 14.1. The van der Waals surface area contributed by atoms with Crippen LogP contribution in [0.3, 0.4) is 0 Å². The van der Waals surface area contributed by atoms with E-state index in [1.54, 1.807) is 11.4 Å². The summed E-state index contributed by atoms with van der Waals surface area (Å²) < 4.78 is 52.9. The molecule has 0 aliphatic carbocycles. The van der Waals surface area contributed by atoms with Crippen molar-refractivity contribution in [1.29, 1.82) is 0 Å². The number of nitrogens with zero attached hydrogens (tertiary/aromatic N) is 1. The number of nitrogens with two attached hydrogens (primary N) is 1. The SMILES string of the molecule is CS(=O)(=O)C(N)C1c2cc(F)ccc2N(Cc2csc3ccc(F)cc23)C1C(=O)O. The van der Waals surface area contributed by atoms with Crippen LogP contribution < -0.4 is 10.6 Å². The Labute approximate surface area is 175 Å². The van der Waals surface area contributed by atoms with E-state index in [0.29, 0.717) is 16.6 Å². The topological polar surface area (TPSA) is 101 Å². The van der Waals surface area contributed by atoms with Gasteiger partial charge in [-0.05, 0) is 52.9 Å². The van der Waals surface area contributed by atoms with E-state index in [9.17, 15) is 27.1 Å². The molecule has 6 nitrogen and oxygen atoms in total. The fourth-order valence-electron chi connectivity index (χ4n) is 4.02. The van der Waals surface area contributed by atoms with Crippen molar-refractivity contribution in [1.82, 2.24) is 0 Å². The number of hydrogen-bond donors (Lipinski definition) is 2. The van der Waals surface area contributed by atoms with Gasteiger partial charge < -0.3 is 15.7 Å². The molecule has 0 fully saturated rings. The maximum absolute atomic E-state index is 14.0. The van der Waals surface area contributed by atoms with Gasteiger partial charge in [-0.1, -0.05) is 0 Å². The molecule has 1 aromatic heterocycles. The van der Waals surface area contributed by atoms with Gasteiger partial charge in [0.25, 0.3) is 0 Å². The highest BCUT2D eigenvalue weighted by molar-refractivity contribution is 7.91. The quantitative estimate of drug-likeness (QED) is 0.617. The second-order valence-corrected chi connectivity index (χ2v) is 10.5. The molecule has 4 rings (SSSR count). The lowest BCUT2D eigenvalue weighted by atomic mass is 9.94. The first-order valence-electron chi connectivity index (χ1n) is 8.97. The molecule has 2 heterocycles. The third-order valence-corrected chi connectivity index (χ3v) is 7.69. The van der Waals surface area contributed by atoms with E-state index in [0.717, 1.165) is 17.0 Å². The fraction of sp³-hybridized carbons (Fsp3) is 0.250. The predicted octanol–water partition coefficient (Wildman–Crippen LogP) is 3.07. The second kappa shape index (κ2) is 7.29. The molecule has 1 aliphatic heterocycles. The molecule has 30 heavy (non-hydrogen) atoms. The summed E-state index contributed by atoms with van der Waals surface area (Å²) in [6.07, 6.45) is 0.924. The number of rotatable bonds is 5. The van der Waals surface area contributed by atoms with Crippen LogP contribution in [0.25, 0.3) is 10.1 Å². The fourth-order valence-corrected chi connectivity index (χ4v) is 5.78. The Morgan fingerprint density at radius 1 is 1.23 bits per heavy atom. The van der Waals surface area contributed by atoms with Crippen LogP contribution >= 0.6 is 11.3 Å². The summed E-state index contributed by atoms with van der Waals surface area (Å²) in [5.41, 5.74) is 7.25. The highest BCUT2D eigenvalue weighted by Crippen LogP contribution is 2.45. The summed E-state index contributed by atoms with van der Waals surface area (Å²) in [6.45, 7) is 0.0754. The molecule has 3 atom stereocenters. The summed E-state index contributed by atoms with van der Waals surface area (Å²) >= 11 is 1.39. The van der Waals surface area contributed by atoms with Crippen LogP contribution in [0.5, 0.6) is 0 Å². The van der Waals surface area contributed by atoms with Crippen molar-refractivity contribution < 1.29 is 27.1 Å². The number of aliphatic carboxylic acids is 1. The lowest BCUT2D eigenvalue weighted by Crippen LogP contribution is -2.48. The largest absolute Gasteiger partial charge is 0.480 e. The third kappa shape index (κ3) is 3.44. The summed E-state index contributed by atoms with van der Waals surface area (Å²) in [5, 5.41) is 10.9. The number of fused-ring (bicyclic) bond motifs is 2. The average molecular weight is 453 g/mol. The van der Waals surface area contributed by atoms with E-state index >= 15 is 0 Å². The number of carboxylic acids is 1. The Morgan fingerprint density at radius 2 is 1.90 bits per heavy atom. The zero-order valence-electron chi connectivity index (χ0n) is 15.7. The molecule has 0 spiro atoms. The van der Waals surface area contributed by atoms with Crippen LogP contribution in [-0.4, -0.2) is 37.2 Å². The smallest absolute Gasteiger partial charge is 0.327 e. The number of thiophene rings is 1. The average Bonchev–Trinajstić information content (AvgIpc) is 3.19. The zero-order valence-corrected chi connectivity index (χ0v) is 17.4. The minimum Gasteiger partial charge on any atom is -0.480 e. The van der Waals surface area contributed by atoms with E-state index in [1.165, 1.54) is 40.5 Å². The van der Waals surface area contributed by atoms with Crippen molar-refractivity contribution in [3.05, 3.63) is 64.5 Å². The molecule has 158 valence electrons. The number of carbonyl (C=O) groups is 1. The van der Waals surface area contributed by atoms with Crippen molar-refractivity contribution in [2.75, 3.05) is 11.2 Å². The van der Waals surface area contributed by atoms with E-state index in [-0.39, 0.29) is 12.1 Å². The van der Waals surface area contributed by atoms with Gasteiger partial charge in [0, 0.05) is 34.5 Å². The molecular formula is C20H18F2N2O4S2. The second-order valence-electron chi connectivity index (χ2n) is 7.34. The maximum atomic E-state index is 14.0. The molecule has 3 unspecified atom stereocenters. The van der Waals surface area contributed by atoms with Gasteiger partial charge in [-0.15, -0.1) is 11.3 Å². The summed E-state index contributed by atoms with van der Waals surface area (Å²) in [7, 11) is -3.82. The van der Waals surface area contributed by atoms with Gasteiger partial charge in [-0.3, -0.25) is 0 Å². The molecule has 0 saturated carbocycles. The van der Waals surface area contributed by atoms with Crippen molar-refractivity contribution in [2.24, 2.45) is 5.73 Å². The number of benzene rings is 2. The van der Waals surface area contributed by atoms with E-state index < -0.39 is 44.8 Å². The first-order valence-corrected chi connectivity index (χ1v) is 11.8. The van der Waals surface area contributed by atoms with Crippen LogP contribution in [0.2, 0.25) is 0 Å². The highest BCUT2D eigenvalue weighted by atomic mass is 32.2. The van der Waals surface area contributed by atoms with Gasteiger partial charge in [0.2, 0.25) is 0 Å². The summed E-state index contributed by atoms with van der Waals surface area (Å²) in [6, 6.07) is 6.77. The Balaban J connectivity index is 1.86. The molecular weight excluding hydrogens is 434 g/mol. The number of halogens is 2. The van der Waals surface area contributed by atoms with Gasteiger partial charge in [0.15, 0.2) is 9.84 Å². The van der Waals surface area contributed by atoms with Crippen LogP contribution in [0.15, 0.2) is 41.8 Å². The standard InChI is InChI=1S/C20H18F2N2O4S2/c1-30(27,28)19(23)17-14-7-11(21)2-4-15(14)24(18(17)20(25)26)8-10-9-29-16-5-3-12(22)6-13(10)16/h2-7,9,17-19H,8,23H2,1H3,(H,25,26). The monoisotopic (exact) mass is 452 g/mol. The van der Waals surface area contributed by atoms with Gasteiger partial charge in [-0.2, -0.15) is 0 Å². The highest BCUT2D eigenvalue weighted by Gasteiger charge is 2.48. The van der Waals surface area contributed by atoms with Crippen LogP contribution in [0.1, 0.15) is 17.0 Å². The molecule has 0 bridgehead atoms. The van der Waals surface area contributed by atoms with Crippen molar-refractivity contribution >= 4 is 42.9 Å². The van der Waals surface area contributed by atoms with Gasteiger partial charge in [-0.25, -0.2) is 22.0 Å². The molecule has 1 aliphatic rings. The zero-order chi connectivity index (χ0) is 21.8. The van der Waals surface area contributed by atoms with Gasteiger partial charge in [0.05, 0.1) is 0 Å². The number of sulfone groups is 1. The molecule has 3 aromatic rings. The van der Waals surface area contributed by atoms with E-state index in [4.69, 9.17) is 5.73 Å². The molecule has 0 saturated heterocycles. The van der Waals surface area contributed by atoms with Crippen molar-refractivity contribution in [3.63, 3.8) is 0 Å². The number of carboxylic acid groups (broad SMARTS) is 1. The molecule has 10 heteroatoms.